The van der Waals surface area contributed by atoms with E-state index in [2.05, 4.69) is 10.4 Å². The Hall–Kier alpha value is -1.72. The largest absolute Gasteiger partial charge is 0.495 e. The number of rotatable bonds is 4. The van der Waals surface area contributed by atoms with Crippen molar-refractivity contribution in [3.63, 3.8) is 0 Å². The van der Waals surface area contributed by atoms with Crippen LogP contribution in [-0.4, -0.2) is 19.2 Å². The van der Waals surface area contributed by atoms with Crippen molar-refractivity contribution in [1.82, 2.24) is 4.98 Å². The van der Waals surface area contributed by atoms with Crippen LogP contribution in [0.2, 0.25) is 5.02 Å². The van der Waals surface area contributed by atoms with E-state index in [1.54, 1.807) is 20.3 Å². The van der Waals surface area contributed by atoms with Crippen molar-refractivity contribution in [3.8, 4) is 11.5 Å². The minimum Gasteiger partial charge on any atom is -0.495 e. The van der Waals surface area contributed by atoms with Gasteiger partial charge in [-0.05, 0) is 18.9 Å². The Kier molecular flexibility index (Phi) is 4.20. The number of methoxy groups -OCH3 is 2. The third kappa shape index (κ3) is 2.13. The van der Waals surface area contributed by atoms with E-state index in [0.717, 1.165) is 23.4 Å². The average molecular weight is 296 g/mol. The Bertz CT molecular complexity index is 657. The van der Waals surface area contributed by atoms with Crippen molar-refractivity contribution < 1.29 is 9.47 Å². The van der Waals surface area contributed by atoms with Gasteiger partial charge >= 0.3 is 0 Å². The number of pyridine rings is 1. The highest BCUT2D eigenvalue weighted by atomic mass is 35.5. The summed E-state index contributed by atoms with van der Waals surface area (Å²) >= 11 is 6.41. The van der Waals surface area contributed by atoms with Crippen LogP contribution in [0.5, 0.6) is 11.5 Å². The van der Waals surface area contributed by atoms with Gasteiger partial charge in [0.15, 0.2) is 0 Å². The molecule has 0 saturated carbocycles. The van der Waals surface area contributed by atoms with E-state index < -0.39 is 0 Å². The molecular weight excluding hydrogens is 278 g/mol. The number of benzene rings is 1. The normalized spacial score (nSPS) is 10.7. The summed E-state index contributed by atoms with van der Waals surface area (Å²) in [6.45, 7) is 4.00. The third-order valence-electron chi connectivity index (χ3n) is 3.39. The molecule has 1 aromatic carbocycles. The summed E-state index contributed by atoms with van der Waals surface area (Å²) < 4.78 is 10.7. The van der Waals surface area contributed by atoms with Gasteiger partial charge in [-0.25, -0.2) is 4.98 Å². The van der Waals surface area contributed by atoms with Gasteiger partial charge < -0.3 is 14.9 Å². The Morgan fingerprint density at radius 3 is 2.45 bits per heavy atom. The van der Waals surface area contributed by atoms with Crippen molar-refractivity contribution in [1.29, 1.82) is 0 Å². The molecule has 0 saturated heterocycles. The number of halogens is 1. The van der Waals surface area contributed by atoms with Gasteiger partial charge in [-0.1, -0.05) is 18.5 Å². The van der Waals surface area contributed by atoms with E-state index in [9.17, 15) is 0 Å². The fourth-order valence-corrected chi connectivity index (χ4v) is 2.64. The molecule has 0 fully saturated rings. The zero-order valence-corrected chi connectivity index (χ0v) is 12.8. The number of fused-ring (bicyclic) bond motifs is 1. The van der Waals surface area contributed by atoms with Crippen LogP contribution < -0.4 is 20.7 Å². The van der Waals surface area contributed by atoms with Gasteiger partial charge in [-0.2, -0.15) is 0 Å². The SMILES string of the molecule is CCc1nc2c(OC)cc(OC)c(Cl)c2c(NN)c1C. The molecule has 0 unspecified atom stereocenters. The lowest BCUT2D eigenvalue weighted by molar-refractivity contribution is 0.397. The van der Waals surface area contributed by atoms with Crippen LogP contribution in [0.4, 0.5) is 5.69 Å². The van der Waals surface area contributed by atoms with Crippen LogP contribution in [-0.2, 0) is 6.42 Å². The quantitative estimate of drug-likeness (QED) is 0.670. The van der Waals surface area contributed by atoms with Crippen molar-refractivity contribution in [2.24, 2.45) is 5.84 Å². The fraction of sp³-hybridized carbons (Fsp3) is 0.357. The molecule has 2 rings (SSSR count). The zero-order chi connectivity index (χ0) is 14.9. The summed E-state index contributed by atoms with van der Waals surface area (Å²) in [6.07, 6.45) is 0.795. The molecule has 0 atom stereocenters. The molecule has 0 spiro atoms. The Morgan fingerprint density at radius 1 is 1.30 bits per heavy atom. The zero-order valence-electron chi connectivity index (χ0n) is 12.0. The highest BCUT2D eigenvalue weighted by Gasteiger charge is 2.19. The number of hydrogen-bond acceptors (Lipinski definition) is 5. The van der Waals surface area contributed by atoms with Crippen LogP contribution in [0.15, 0.2) is 6.07 Å². The summed E-state index contributed by atoms with van der Waals surface area (Å²) in [6, 6.07) is 1.73. The molecule has 1 aromatic heterocycles. The first-order valence-corrected chi connectivity index (χ1v) is 6.67. The van der Waals surface area contributed by atoms with E-state index in [4.69, 9.17) is 26.9 Å². The third-order valence-corrected chi connectivity index (χ3v) is 3.77. The fourth-order valence-electron chi connectivity index (χ4n) is 2.32. The van der Waals surface area contributed by atoms with Gasteiger partial charge in [0.1, 0.15) is 17.0 Å². The summed E-state index contributed by atoms with van der Waals surface area (Å²) in [5.41, 5.74) is 6.06. The van der Waals surface area contributed by atoms with Gasteiger partial charge in [0.2, 0.25) is 0 Å². The monoisotopic (exact) mass is 295 g/mol. The minimum absolute atomic E-state index is 0.467. The molecule has 108 valence electrons. The van der Waals surface area contributed by atoms with E-state index in [-0.39, 0.29) is 0 Å². The molecule has 6 heteroatoms. The molecule has 3 N–H and O–H groups in total. The molecule has 0 aliphatic rings. The van der Waals surface area contributed by atoms with Gasteiger partial charge in [0.25, 0.3) is 0 Å². The maximum absolute atomic E-state index is 6.41. The van der Waals surface area contributed by atoms with Gasteiger partial charge in [-0.3, -0.25) is 5.84 Å². The predicted molar refractivity (Wildman–Crippen MR) is 81.8 cm³/mol. The number of hydrazine groups is 1. The minimum atomic E-state index is 0.467. The van der Waals surface area contributed by atoms with Crippen molar-refractivity contribution in [3.05, 3.63) is 22.3 Å². The maximum atomic E-state index is 6.41. The van der Waals surface area contributed by atoms with Crippen LogP contribution >= 0.6 is 11.6 Å². The lowest BCUT2D eigenvalue weighted by atomic mass is 10.0. The molecular formula is C14H18ClN3O2. The van der Waals surface area contributed by atoms with E-state index >= 15 is 0 Å². The average Bonchev–Trinajstić information content (AvgIpc) is 2.47. The Balaban J connectivity index is 3.00. The lowest BCUT2D eigenvalue weighted by Gasteiger charge is -2.17. The number of nitrogen functional groups attached to an aromatic ring is 1. The number of nitrogens with two attached hydrogens (primary N) is 1. The Morgan fingerprint density at radius 2 is 1.95 bits per heavy atom. The first kappa shape index (κ1) is 14.7. The molecule has 0 aliphatic heterocycles. The Labute approximate surface area is 123 Å². The number of anilines is 1. The second-order valence-corrected chi connectivity index (χ2v) is 4.75. The summed E-state index contributed by atoms with van der Waals surface area (Å²) in [4.78, 5) is 4.65. The predicted octanol–water partition coefficient (Wildman–Crippen LogP) is 3.06. The highest BCUT2D eigenvalue weighted by molar-refractivity contribution is 6.38. The van der Waals surface area contributed by atoms with Crippen LogP contribution in [0, 0.1) is 6.92 Å². The van der Waals surface area contributed by atoms with Crippen molar-refractivity contribution in [2.75, 3.05) is 19.6 Å². The van der Waals surface area contributed by atoms with E-state index in [1.807, 2.05) is 13.8 Å². The molecule has 1 heterocycles. The van der Waals surface area contributed by atoms with E-state index in [0.29, 0.717) is 27.4 Å². The second-order valence-electron chi connectivity index (χ2n) is 4.38. The standard InChI is InChI=1S/C14H18ClN3O2/c1-5-8-7(2)13(18-16)11-12(15)9(19-3)6-10(20-4)14(11)17-8/h6H,5,16H2,1-4H3,(H,17,18). The first-order chi connectivity index (χ1) is 9.58. The summed E-state index contributed by atoms with van der Waals surface area (Å²) in [5.74, 6) is 6.80. The molecule has 0 bridgehead atoms. The number of hydrogen-bond donors (Lipinski definition) is 2. The lowest BCUT2D eigenvalue weighted by Crippen LogP contribution is -2.11. The number of aromatic nitrogens is 1. The molecule has 20 heavy (non-hydrogen) atoms. The number of ether oxygens (including phenoxy) is 2. The van der Waals surface area contributed by atoms with E-state index in [1.165, 1.54) is 0 Å². The first-order valence-electron chi connectivity index (χ1n) is 6.29. The van der Waals surface area contributed by atoms with Gasteiger partial charge in [0.05, 0.1) is 30.3 Å². The number of aryl methyl sites for hydroxylation is 1. The number of nitrogens with one attached hydrogen (secondary N) is 1. The highest BCUT2D eigenvalue weighted by Crippen LogP contribution is 2.43. The molecule has 5 nitrogen and oxygen atoms in total. The maximum Gasteiger partial charge on any atom is 0.148 e. The van der Waals surface area contributed by atoms with Gasteiger partial charge in [0, 0.05) is 11.8 Å². The summed E-state index contributed by atoms with van der Waals surface area (Å²) in [5, 5.41) is 1.18. The number of nitrogens with zero attached hydrogens (tertiary/aromatic N) is 1. The van der Waals surface area contributed by atoms with Crippen LogP contribution in [0.25, 0.3) is 10.9 Å². The molecule has 0 aliphatic carbocycles. The van der Waals surface area contributed by atoms with Crippen molar-refractivity contribution in [2.45, 2.75) is 20.3 Å². The van der Waals surface area contributed by atoms with Crippen LogP contribution in [0.1, 0.15) is 18.2 Å². The molecule has 0 radical (unpaired) electrons. The van der Waals surface area contributed by atoms with Gasteiger partial charge in [-0.15, -0.1) is 0 Å². The molecule has 2 aromatic rings. The molecule has 0 amide bonds. The van der Waals surface area contributed by atoms with Crippen LogP contribution in [0.3, 0.4) is 0 Å². The topological polar surface area (TPSA) is 69.4 Å². The van der Waals surface area contributed by atoms with Crippen molar-refractivity contribution >= 4 is 28.2 Å². The second kappa shape index (κ2) is 5.73. The smallest absolute Gasteiger partial charge is 0.148 e. The summed E-state index contributed by atoms with van der Waals surface area (Å²) in [7, 11) is 3.15.